The lowest BCUT2D eigenvalue weighted by molar-refractivity contribution is -0.108. The standard InChI is InChI=1S/C18H18N4O2/c23-13-21-16(18(24)15-5-9-20-10-6-15)17(22-11-1-2-12-22)14-3-7-19-8-4-14/h3-10,13H,1-2,11-12H2,(H,21,23). The highest BCUT2D eigenvalue weighted by molar-refractivity contribution is 6.13. The number of carbonyl (C=O) groups excluding carboxylic acids is 2. The van der Waals surface area contributed by atoms with E-state index in [1.54, 1.807) is 36.9 Å². The molecule has 1 aliphatic heterocycles. The number of allylic oxidation sites excluding steroid dienone is 1. The monoisotopic (exact) mass is 322 g/mol. The molecule has 0 bridgehead atoms. The average Bonchev–Trinajstić information content (AvgIpc) is 3.17. The van der Waals surface area contributed by atoms with Crippen LogP contribution in [0, 0.1) is 0 Å². The molecule has 0 unspecified atom stereocenters. The third-order valence-corrected chi connectivity index (χ3v) is 3.99. The molecular weight excluding hydrogens is 304 g/mol. The summed E-state index contributed by atoms with van der Waals surface area (Å²) in [5.74, 6) is -0.233. The molecule has 0 aliphatic carbocycles. The van der Waals surface area contributed by atoms with Gasteiger partial charge in [0.2, 0.25) is 12.2 Å². The highest BCUT2D eigenvalue weighted by Gasteiger charge is 2.24. The van der Waals surface area contributed by atoms with Crippen molar-refractivity contribution in [2.24, 2.45) is 0 Å². The zero-order valence-electron chi connectivity index (χ0n) is 13.2. The van der Waals surface area contributed by atoms with Crippen LogP contribution in [0.5, 0.6) is 0 Å². The number of hydrogen-bond acceptors (Lipinski definition) is 5. The molecule has 1 aliphatic rings. The average molecular weight is 322 g/mol. The first-order chi connectivity index (χ1) is 11.8. The molecule has 0 spiro atoms. The number of carbonyl (C=O) groups is 2. The van der Waals surface area contributed by atoms with Crippen LogP contribution in [0.25, 0.3) is 5.70 Å². The second-order valence-electron chi connectivity index (χ2n) is 5.48. The van der Waals surface area contributed by atoms with E-state index in [-0.39, 0.29) is 11.5 Å². The molecule has 1 fully saturated rings. The van der Waals surface area contributed by atoms with E-state index in [0.29, 0.717) is 12.0 Å². The number of rotatable bonds is 6. The molecule has 1 saturated heterocycles. The minimum Gasteiger partial charge on any atom is -0.369 e. The molecule has 3 rings (SSSR count). The lowest BCUT2D eigenvalue weighted by atomic mass is 10.0. The number of likely N-dealkylation sites (tertiary alicyclic amines) is 1. The highest BCUT2D eigenvalue weighted by Crippen LogP contribution is 2.27. The van der Waals surface area contributed by atoms with E-state index in [4.69, 9.17) is 0 Å². The molecule has 0 saturated carbocycles. The summed E-state index contributed by atoms with van der Waals surface area (Å²) in [6.45, 7) is 1.70. The summed E-state index contributed by atoms with van der Waals surface area (Å²) in [5, 5.41) is 2.62. The second-order valence-corrected chi connectivity index (χ2v) is 5.48. The van der Waals surface area contributed by atoms with Gasteiger partial charge in [-0.1, -0.05) is 0 Å². The molecule has 24 heavy (non-hydrogen) atoms. The Morgan fingerprint density at radius 1 is 0.958 bits per heavy atom. The van der Waals surface area contributed by atoms with E-state index in [0.717, 1.165) is 37.2 Å². The van der Waals surface area contributed by atoms with E-state index in [2.05, 4.69) is 20.2 Å². The predicted molar refractivity (Wildman–Crippen MR) is 89.7 cm³/mol. The lowest BCUT2D eigenvalue weighted by Crippen LogP contribution is -2.28. The number of aromatic nitrogens is 2. The van der Waals surface area contributed by atoms with Gasteiger partial charge in [-0.05, 0) is 37.1 Å². The summed E-state index contributed by atoms with van der Waals surface area (Å²) in [6.07, 6.45) is 9.16. The zero-order chi connectivity index (χ0) is 16.8. The number of nitrogens with zero attached hydrogens (tertiary/aromatic N) is 3. The fourth-order valence-corrected chi connectivity index (χ4v) is 2.88. The van der Waals surface area contributed by atoms with Crippen LogP contribution in [0.3, 0.4) is 0 Å². The van der Waals surface area contributed by atoms with Gasteiger partial charge in [-0.15, -0.1) is 0 Å². The summed E-state index contributed by atoms with van der Waals surface area (Å²) in [6, 6.07) is 6.98. The summed E-state index contributed by atoms with van der Waals surface area (Å²) >= 11 is 0. The largest absolute Gasteiger partial charge is 0.369 e. The van der Waals surface area contributed by atoms with Crippen molar-refractivity contribution in [1.82, 2.24) is 20.2 Å². The Morgan fingerprint density at radius 3 is 2.04 bits per heavy atom. The number of Topliss-reactive ketones (excluding diaryl/α,β-unsaturated/α-hetero) is 1. The molecule has 6 nitrogen and oxygen atoms in total. The highest BCUT2D eigenvalue weighted by atomic mass is 16.1. The van der Waals surface area contributed by atoms with Gasteiger partial charge in [0, 0.05) is 49.0 Å². The van der Waals surface area contributed by atoms with E-state index < -0.39 is 0 Å². The topological polar surface area (TPSA) is 75.2 Å². The Labute approximate surface area is 140 Å². The maximum Gasteiger partial charge on any atom is 0.211 e. The first kappa shape index (κ1) is 15.9. The minimum absolute atomic E-state index is 0.233. The van der Waals surface area contributed by atoms with Gasteiger partial charge in [0.15, 0.2) is 0 Å². The van der Waals surface area contributed by atoms with Crippen LogP contribution in [0.15, 0.2) is 54.7 Å². The third kappa shape index (κ3) is 3.32. The lowest BCUT2D eigenvalue weighted by Gasteiger charge is -2.25. The van der Waals surface area contributed by atoms with Gasteiger partial charge in [-0.3, -0.25) is 19.6 Å². The Kier molecular flexibility index (Phi) is 4.96. The Hall–Kier alpha value is -3.02. The molecule has 1 N–H and O–H groups in total. The number of hydrogen-bond donors (Lipinski definition) is 1. The molecule has 6 heteroatoms. The molecule has 0 atom stereocenters. The summed E-state index contributed by atoms with van der Waals surface area (Å²) < 4.78 is 0. The first-order valence-electron chi connectivity index (χ1n) is 7.86. The van der Waals surface area contributed by atoms with Crippen molar-refractivity contribution in [3.8, 4) is 0 Å². The van der Waals surface area contributed by atoms with Crippen molar-refractivity contribution in [3.05, 3.63) is 65.9 Å². The normalized spacial score (nSPS) is 14.9. The minimum atomic E-state index is -0.233. The van der Waals surface area contributed by atoms with E-state index in [1.807, 2.05) is 12.1 Å². The predicted octanol–water partition coefficient (Wildman–Crippen LogP) is 1.87. The van der Waals surface area contributed by atoms with E-state index in [1.165, 1.54) is 0 Å². The van der Waals surface area contributed by atoms with Crippen molar-refractivity contribution >= 4 is 17.9 Å². The summed E-state index contributed by atoms with van der Waals surface area (Å²) in [7, 11) is 0. The van der Waals surface area contributed by atoms with Gasteiger partial charge in [-0.2, -0.15) is 0 Å². The van der Waals surface area contributed by atoms with Crippen LogP contribution < -0.4 is 5.32 Å². The van der Waals surface area contributed by atoms with Crippen molar-refractivity contribution in [1.29, 1.82) is 0 Å². The Balaban J connectivity index is 2.13. The molecule has 2 aromatic rings. The van der Waals surface area contributed by atoms with Crippen LogP contribution in [0.4, 0.5) is 0 Å². The van der Waals surface area contributed by atoms with Crippen molar-refractivity contribution in [3.63, 3.8) is 0 Å². The fraction of sp³-hybridized carbons (Fsp3) is 0.222. The molecule has 0 radical (unpaired) electrons. The quantitative estimate of drug-likeness (QED) is 0.499. The zero-order valence-corrected chi connectivity index (χ0v) is 13.2. The molecule has 2 aromatic heterocycles. The molecule has 122 valence electrons. The van der Waals surface area contributed by atoms with Crippen LogP contribution in [0.1, 0.15) is 28.8 Å². The van der Waals surface area contributed by atoms with E-state index in [9.17, 15) is 9.59 Å². The summed E-state index contributed by atoms with van der Waals surface area (Å²) in [4.78, 5) is 34.2. The Bertz CT molecular complexity index is 738. The van der Waals surface area contributed by atoms with Crippen molar-refractivity contribution in [2.45, 2.75) is 12.8 Å². The van der Waals surface area contributed by atoms with Crippen LogP contribution in [-0.2, 0) is 4.79 Å². The maximum absolute atomic E-state index is 13.0. The summed E-state index contributed by atoms with van der Waals surface area (Å²) in [5.41, 5.74) is 2.37. The number of pyridine rings is 2. The van der Waals surface area contributed by atoms with Crippen LogP contribution in [0.2, 0.25) is 0 Å². The second kappa shape index (κ2) is 7.50. The third-order valence-electron chi connectivity index (χ3n) is 3.99. The van der Waals surface area contributed by atoms with Crippen molar-refractivity contribution in [2.75, 3.05) is 13.1 Å². The van der Waals surface area contributed by atoms with Gasteiger partial charge in [-0.25, -0.2) is 0 Å². The Morgan fingerprint density at radius 2 is 1.50 bits per heavy atom. The van der Waals surface area contributed by atoms with Gasteiger partial charge in [0.05, 0.1) is 5.70 Å². The number of ketones is 1. The van der Waals surface area contributed by atoms with Gasteiger partial charge in [0.25, 0.3) is 0 Å². The maximum atomic E-state index is 13.0. The van der Waals surface area contributed by atoms with Gasteiger partial charge in [0.1, 0.15) is 5.70 Å². The van der Waals surface area contributed by atoms with Gasteiger partial charge < -0.3 is 10.2 Å². The number of amides is 1. The van der Waals surface area contributed by atoms with Crippen LogP contribution in [-0.4, -0.2) is 40.2 Å². The fourth-order valence-electron chi connectivity index (χ4n) is 2.88. The first-order valence-corrected chi connectivity index (χ1v) is 7.86. The number of nitrogens with one attached hydrogen (secondary N) is 1. The van der Waals surface area contributed by atoms with E-state index >= 15 is 0 Å². The molecule has 0 aromatic carbocycles. The van der Waals surface area contributed by atoms with Crippen molar-refractivity contribution < 1.29 is 9.59 Å². The molecular formula is C18H18N4O2. The molecule has 3 heterocycles. The SMILES string of the molecule is O=CNC(C(=O)c1ccncc1)=C(c1ccncc1)N1CCCC1. The van der Waals surface area contributed by atoms with Gasteiger partial charge >= 0.3 is 0 Å². The smallest absolute Gasteiger partial charge is 0.211 e. The van der Waals surface area contributed by atoms with Crippen LogP contribution >= 0.6 is 0 Å². The molecule has 1 amide bonds.